The number of anilines is 1. The van der Waals surface area contributed by atoms with Crippen molar-refractivity contribution in [1.82, 2.24) is 19.2 Å². The van der Waals surface area contributed by atoms with Crippen LogP contribution >= 0.6 is 0 Å². The van der Waals surface area contributed by atoms with E-state index in [4.69, 9.17) is 4.74 Å². The van der Waals surface area contributed by atoms with E-state index in [1.807, 2.05) is 54.6 Å². The van der Waals surface area contributed by atoms with Gasteiger partial charge in [-0.15, -0.1) is 0 Å². The Hall–Kier alpha value is -3.55. The summed E-state index contributed by atoms with van der Waals surface area (Å²) >= 11 is 0. The van der Waals surface area contributed by atoms with E-state index in [1.165, 1.54) is 4.68 Å². The molecule has 1 N–H and O–H groups in total. The lowest BCUT2D eigenvalue weighted by atomic mass is 9.97. The molecular weight excluding hydrogens is 394 g/mol. The summed E-state index contributed by atoms with van der Waals surface area (Å²) in [6.07, 6.45) is 1.74. The zero-order valence-corrected chi connectivity index (χ0v) is 17.8. The third-order valence-corrected chi connectivity index (χ3v) is 5.64. The molecule has 0 bridgehead atoms. The maximum Gasteiger partial charge on any atom is 0.345 e. The normalized spacial score (nSPS) is 16.2. The predicted octanol–water partition coefficient (Wildman–Crippen LogP) is 3.05. The number of piperidine rings is 1. The first-order valence-corrected chi connectivity index (χ1v) is 10.4. The largest absolute Gasteiger partial charge is 0.497 e. The summed E-state index contributed by atoms with van der Waals surface area (Å²) in [5, 5.41) is 7.47. The van der Waals surface area contributed by atoms with E-state index >= 15 is 0 Å². The lowest BCUT2D eigenvalue weighted by molar-refractivity contribution is 0.190. The van der Waals surface area contributed by atoms with Gasteiger partial charge in [0.2, 0.25) is 0 Å². The Morgan fingerprint density at radius 3 is 2.61 bits per heavy atom. The molecule has 1 saturated heterocycles. The van der Waals surface area contributed by atoms with Gasteiger partial charge in [-0.3, -0.25) is 4.57 Å². The zero-order valence-electron chi connectivity index (χ0n) is 17.8. The van der Waals surface area contributed by atoms with Crippen LogP contribution in [0, 0.1) is 0 Å². The summed E-state index contributed by atoms with van der Waals surface area (Å²) in [6.45, 7) is 1.67. The van der Waals surface area contributed by atoms with Gasteiger partial charge >= 0.3 is 11.7 Å². The Kier molecular flexibility index (Phi) is 6.06. The summed E-state index contributed by atoms with van der Waals surface area (Å²) in [4.78, 5) is 27.3. The van der Waals surface area contributed by atoms with Gasteiger partial charge in [0, 0.05) is 31.7 Å². The number of carbonyl (C=O) groups is 1. The maximum absolute atomic E-state index is 12.8. The second-order valence-corrected chi connectivity index (χ2v) is 7.78. The third-order valence-electron chi connectivity index (χ3n) is 5.64. The molecule has 8 heteroatoms. The van der Waals surface area contributed by atoms with Crippen molar-refractivity contribution in [3.63, 3.8) is 0 Å². The minimum Gasteiger partial charge on any atom is -0.497 e. The molecule has 31 heavy (non-hydrogen) atoms. The molecule has 1 unspecified atom stereocenters. The van der Waals surface area contributed by atoms with Crippen molar-refractivity contribution in [2.45, 2.75) is 25.3 Å². The molecule has 0 radical (unpaired) electrons. The van der Waals surface area contributed by atoms with Gasteiger partial charge in [-0.05, 0) is 42.7 Å². The molecule has 2 aromatic carbocycles. The summed E-state index contributed by atoms with van der Waals surface area (Å²) in [5.41, 5.74) is 1.62. The number of nitrogens with one attached hydrogen (secondary N) is 1. The lowest BCUT2D eigenvalue weighted by Crippen LogP contribution is -2.42. The van der Waals surface area contributed by atoms with Crippen LogP contribution in [0.2, 0.25) is 0 Å². The quantitative estimate of drug-likeness (QED) is 0.687. The van der Waals surface area contributed by atoms with Crippen LogP contribution in [0.1, 0.15) is 30.1 Å². The number of nitrogens with zero attached hydrogens (tertiary/aromatic N) is 4. The number of aromatic nitrogens is 3. The smallest absolute Gasteiger partial charge is 0.345 e. The van der Waals surface area contributed by atoms with Gasteiger partial charge in [0.25, 0.3) is 0 Å². The fourth-order valence-electron chi connectivity index (χ4n) is 3.99. The number of likely N-dealkylation sites (tertiary alicyclic amines) is 1. The fourth-order valence-corrected chi connectivity index (χ4v) is 3.99. The summed E-state index contributed by atoms with van der Waals surface area (Å²) in [7, 11) is 3.28. The molecule has 1 aliphatic rings. The predicted molar refractivity (Wildman–Crippen MR) is 119 cm³/mol. The Morgan fingerprint density at radius 1 is 1.16 bits per heavy atom. The number of hydrogen-bond acceptors (Lipinski definition) is 4. The molecule has 1 atom stereocenters. The molecule has 1 aromatic heterocycles. The fraction of sp³-hybridized carbons (Fsp3) is 0.348. The molecule has 1 aliphatic heterocycles. The highest BCUT2D eigenvalue weighted by Gasteiger charge is 2.29. The minimum absolute atomic E-state index is 0.00739. The number of carbonyl (C=O) groups excluding carboxylic acids is 1. The van der Waals surface area contributed by atoms with Crippen molar-refractivity contribution in [2.75, 3.05) is 25.5 Å². The van der Waals surface area contributed by atoms with Crippen molar-refractivity contribution in [3.8, 4) is 5.75 Å². The number of urea groups is 1. The van der Waals surface area contributed by atoms with Crippen molar-refractivity contribution in [2.24, 2.45) is 7.05 Å². The van der Waals surface area contributed by atoms with E-state index in [-0.39, 0.29) is 17.6 Å². The van der Waals surface area contributed by atoms with E-state index < -0.39 is 0 Å². The molecule has 0 saturated carbocycles. The highest BCUT2D eigenvalue weighted by atomic mass is 16.5. The number of aryl methyl sites for hydroxylation is 1. The minimum atomic E-state index is -0.150. The zero-order chi connectivity index (χ0) is 21.8. The van der Waals surface area contributed by atoms with Crippen LogP contribution in [-0.2, 0) is 13.6 Å². The second-order valence-electron chi connectivity index (χ2n) is 7.78. The van der Waals surface area contributed by atoms with Gasteiger partial charge in [0.15, 0.2) is 0 Å². The average Bonchev–Trinajstić information content (AvgIpc) is 3.09. The molecule has 8 nitrogen and oxygen atoms in total. The summed E-state index contributed by atoms with van der Waals surface area (Å²) in [6, 6.07) is 17.0. The van der Waals surface area contributed by atoms with E-state index in [9.17, 15) is 9.59 Å². The van der Waals surface area contributed by atoms with Crippen LogP contribution in [0.15, 0.2) is 59.4 Å². The third kappa shape index (κ3) is 4.63. The summed E-state index contributed by atoms with van der Waals surface area (Å²) in [5.74, 6) is 1.48. The summed E-state index contributed by atoms with van der Waals surface area (Å²) < 4.78 is 8.27. The van der Waals surface area contributed by atoms with E-state index in [0.29, 0.717) is 25.3 Å². The molecule has 0 aliphatic carbocycles. The second kappa shape index (κ2) is 9.07. The van der Waals surface area contributed by atoms with Crippen LogP contribution < -0.4 is 15.7 Å². The van der Waals surface area contributed by atoms with Gasteiger partial charge < -0.3 is 15.0 Å². The van der Waals surface area contributed by atoms with Crippen molar-refractivity contribution >= 4 is 11.7 Å². The van der Waals surface area contributed by atoms with E-state index in [1.54, 1.807) is 23.6 Å². The van der Waals surface area contributed by atoms with E-state index in [2.05, 4.69) is 10.4 Å². The lowest BCUT2D eigenvalue weighted by Gasteiger charge is -2.32. The number of methoxy groups -OCH3 is 1. The topological polar surface area (TPSA) is 81.4 Å². The molecule has 2 amide bonds. The van der Waals surface area contributed by atoms with Crippen LogP contribution in [0.3, 0.4) is 0 Å². The SMILES string of the molecule is COc1ccc(NC(=O)N2CCCC(c3nn(C)c(=O)n3Cc3ccccc3)C2)cc1. The highest BCUT2D eigenvalue weighted by molar-refractivity contribution is 5.89. The molecule has 0 spiro atoms. The number of rotatable bonds is 5. The Labute approximate surface area is 181 Å². The number of hydrogen-bond donors (Lipinski definition) is 1. The Balaban J connectivity index is 1.50. The first-order chi connectivity index (χ1) is 15.0. The Bertz CT molecular complexity index is 1090. The van der Waals surface area contributed by atoms with Crippen LogP contribution in [-0.4, -0.2) is 45.5 Å². The van der Waals surface area contributed by atoms with Gasteiger partial charge in [0.05, 0.1) is 13.7 Å². The van der Waals surface area contributed by atoms with Gasteiger partial charge in [-0.2, -0.15) is 5.10 Å². The van der Waals surface area contributed by atoms with Crippen LogP contribution in [0.4, 0.5) is 10.5 Å². The molecular formula is C23H27N5O3. The van der Waals surface area contributed by atoms with Crippen molar-refractivity contribution < 1.29 is 9.53 Å². The number of benzene rings is 2. The Morgan fingerprint density at radius 2 is 1.90 bits per heavy atom. The van der Waals surface area contributed by atoms with Gasteiger partial charge in [-0.1, -0.05) is 30.3 Å². The average molecular weight is 422 g/mol. The van der Waals surface area contributed by atoms with Crippen molar-refractivity contribution in [1.29, 1.82) is 0 Å². The molecule has 1 fully saturated rings. The monoisotopic (exact) mass is 421 g/mol. The number of ether oxygens (including phenoxy) is 1. The van der Waals surface area contributed by atoms with Crippen LogP contribution in [0.25, 0.3) is 0 Å². The van der Waals surface area contributed by atoms with Gasteiger partial charge in [0.1, 0.15) is 11.6 Å². The number of amides is 2. The van der Waals surface area contributed by atoms with Gasteiger partial charge in [-0.25, -0.2) is 14.3 Å². The van der Waals surface area contributed by atoms with E-state index in [0.717, 1.165) is 30.0 Å². The maximum atomic E-state index is 12.8. The van der Waals surface area contributed by atoms with Crippen LogP contribution in [0.5, 0.6) is 5.75 Å². The first-order valence-electron chi connectivity index (χ1n) is 10.4. The first kappa shape index (κ1) is 20.7. The molecule has 162 valence electrons. The molecule has 2 heterocycles. The molecule has 3 aromatic rings. The standard InChI is InChI=1S/C23H27N5O3/c1-26-23(30)28(15-17-7-4-3-5-8-17)21(25-26)18-9-6-14-27(16-18)22(29)24-19-10-12-20(31-2)13-11-19/h3-5,7-8,10-13,18H,6,9,14-16H2,1-2H3,(H,24,29). The molecule has 4 rings (SSSR count). The van der Waals surface area contributed by atoms with Crippen molar-refractivity contribution in [3.05, 3.63) is 76.5 Å². The highest BCUT2D eigenvalue weighted by Crippen LogP contribution is 2.26.